The van der Waals surface area contributed by atoms with Crippen LogP contribution in [0, 0.1) is 0 Å². The van der Waals surface area contributed by atoms with Crippen molar-refractivity contribution in [3.63, 3.8) is 0 Å². The van der Waals surface area contributed by atoms with Gasteiger partial charge in [-0.25, -0.2) is 0 Å². The molecule has 0 saturated carbocycles. The van der Waals surface area contributed by atoms with E-state index in [1.165, 1.54) is 0 Å². The largest absolute Gasteiger partial charge is 0.417 e. The molecule has 0 radical (unpaired) electrons. The predicted molar refractivity (Wildman–Crippen MR) is 87.3 cm³/mol. The molecule has 1 unspecified atom stereocenters. The van der Waals surface area contributed by atoms with E-state index in [1.54, 1.807) is 0 Å². The van der Waals surface area contributed by atoms with E-state index in [9.17, 15) is 0 Å². The first-order valence-corrected chi connectivity index (χ1v) is 13.1. The third kappa shape index (κ3) is 6.53. The lowest BCUT2D eigenvalue weighted by Crippen LogP contribution is -2.54. The van der Waals surface area contributed by atoms with Crippen LogP contribution in [0.3, 0.4) is 0 Å². The molecule has 0 aromatic rings. The van der Waals surface area contributed by atoms with Gasteiger partial charge >= 0.3 is 8.56 Å². The second kappa shape index (κ2) is 9.29. The average Bonchev–Trinajstić information content (AvgIpc) is 2.39. The van der Waals surface area contributed by atoms with Crippen molar-refractivity contribution in [1.82, 2.24) is 0 Å². The van der Waals surface area contributed by atoms with Gasteiger partial charge in [-0.1, -0.05) is 27.7 Å². The third-order valence-corrected chi connectivity index (χ3v) is 13.5. The summed E-state index contributed by atoms with van der Waals surface area (Å²) in [6.45, 7) is 18.0. The van der Waals surface area contributed by atoms with Gasteiger partial charge in [0.25, 0.3) is 0 Å². The smallest absolute Gasteiger partial charge is 0.337 e. The summed E-state index contributed by atoms with van der Waals surface area (Å²) in [5, 5.41) is 0.435. The monoisotopic (exact) mass is 306 g/mol. The number of hydrogen-bond donors (Lipinski definition) is 0. The fraction of sp³-hybridized carbons (Fsp3) is 1.00. The zero-order valence-electron chi connectivity index (χ0n) is 14.0. The second-order valence-corrected chi connectivity index (χ2v) is 14.3. The minimum Gasteiger partial charge on any atom is -0.417 e. The minimum atomic E-state index is -2.14. The van der Waals surface area contributed by atoms with Crippen molar-refractivity contribution in [1.29, 1.82) is 0 Å². The Morgan fingerprint density at radius 2 is 1.11 bits per heavy atom. The molecule has 0 aromatic carbocycles. The molecule has 0 aliphatic heterocycles. The van der Waals surface area contributed by atoms with Crippen LogP contribution in [-0.4, -0.2) is 36.7 Å². The van der Waals surface area contributed by atoms with Gasteiger partial charge in [-0.15, -0.1) is 0 Å². The molecular weight excluding hydrogens is 272 g/mol. The molecule has 1 atom stereocenters. The molecule has 116 valence electrons. The van der Waals surface area contributed by atoms with Crippen LogP contribution in [0.5, 0.6) is 0 Å². The summed E-state index contributed by atoms with van der Waals surface area (Å²) in [5.41, 5.74) is 0. The molecule has 3 nitrogen and oxygen atoms in total. The van der Waals surface area contributed by atoms with Gasteiger partial charge in [-0.05, 0) is 38.9 Å². The lowest BCUT2D eigenvalue weighted by Gasteiger charge is -2.40. The first-order valence-electron chi connectivity index (χ1n) is 7.75. The van der Waals surface area contributed by atoms with Crippen LogP contribution in [0.1, 0.15) is 47.0 Å². The van der Waals surface area contributed by atoms with E-state index in [0.717, 1.165) is 39.1 Å². The summed E-state index contributed by atoms with van der Waals surface area (Å²) >= 11 is 0. The highest BCUT2D eigenvalue weighted by molar-refractivity contribution is 6.89. The fourth-order valence-electron chi connectivity index (χ4n) is 2.02. The predicted octanol–water partition coefficient (Wildman–Crippen LogP) is 4.47. The summed E-state index contributed by atoms with van der Waals surface area (Å²) < 4.78 is 18.5. The van der Waals surface area contributed by atoms with Crippen LogP contribution in [-0.2, 0) is 13.3 Å². The molecule has 0 aliphatic rings. The van der Waals surface area contributed by atoms with E-state index < -0.39 is 16.9 Å². The molecule has 0 aromatic heterocycles. The van der Waals surface area contributed by atoms with Gasteiger partial charge in [0.05, 0.1) is 0 Å². The van der Waals surface area contributed by atoms with Crippen LogP contribution in [0.25, 0.3) is 0 Å². The topological polar surface area (TPSA) is 27.7 Å². The molecule has 19 heavy (non-hydrogen) atoms. The Bertz CT molecular complexity index is 227. The summed E-state index contributed by atoms with van der Waals surface area (Å²) in [5.74, 6) is 0. The molecule has 0 spiro atoms. The van der Waals surface area contributed by atoms with Crippen LogP contribution < -0.4 is 0 Å². The van der Waals surface area contributed by atoms with Crippen molar-refractivity contribution in [2.75, 3.05) is 19.8 Å². The molecule has 0 saturated heterocycles. The van der Waals surface area contributed by atoms with E-state index >= 15 is 0 Å². The Morgan fingerprint density at radius 1 is 0.737 bits per heavy atom. The van der Waals surface area contributed by atoms with Crippen molar-refractivity contribution < 1.29 is 13.3 Å². The fourth-order valence-corrected chi connectivity index (χ4v) is 10.6. The van der Waals surface area contributed by atoms with E-state index in [2.05, 4.69) is 47.3 Å². The van der Waals surface area contributed by atoms with Gasteiger partial charge in [-0.2, -0.15) is 0 Å². The third-order valence-electron chi connectivity index (χ3n) is 3.69. The number of hydrogen-bond acceptors (Lipinski definition) is 3. The Morgan fingerprint density at radius 3 is 1.47 bits per heavy atom. The van der Waals surface area contributed by atoms with E-state index in [1.807, 2.05) is 0 Å². The normalized spacial score (nSPS) is 14.7. The lowest BCUT2D eigenvalue weighted by atomic mass is 10.5. The molecule has 0 rings (SSSR count). The second-order valence-electron chi connectivity index (χ2n) is 5.89. The summed E-state index contributed by atoms with van der Waals surface area (Å²) in [6, 6.07) is 0. The van der Waals surface area contributed by atoms with E-state index in [4.69, 9.17) is 13.3 Å². The van der Waals surface area contributed by atoms with Crippen LogP contribution in [0.2, 0.25) is 24.8 Å². The molecule has 0 N–H and O–H groups in total. The molecule has 0 fully saturated rings. The maximum atomic E-state index is 6.18. The molecule has 0 amide bonds. The summed E-state index contributed by atoms with van der Waals surface area (Å²) in [7, 11) is -3.89. The summed E-state index contributed by atoms with van der Waals surface area (Å²) in [4.78, 5) is 0. The molecule has 5 heteroatoms. The van der Waals surface area contributed by atoms with E-state index in [-0.39, 0.29) is 0 Å². The maximum absolute atomic E-state index is 6.18. The van der Waals surface area contributed by atoms with Crippen molar-refractivity contribution in [2.24, 2.45) is 0 Å². The van der Waals surface area contributed by atoms with Gasteiger partial charge in [0.1, 0.15) is 0 Å². The zero-order valence-corrected chi connectivity index (χ0v) is 16.0. The van der Waals surface area contributed by atoms with Crippen molar-refractivity contribution in [3.8, 4) is 0 Å². The maximum Gasteiger partial charge on any atom is 0.337 e. The average molecular weight is 307 g/mol. The zero-order chi connectivity index (χ0) is 14.9. The Kier molecular flexibility index (Phi) is 9.44. The highest BCUT2D eigenvalue weighted by atomic mass is 28.4. The highest BCUT2D eigenvalue weighted by Gasteiger charge is 2.48. The van der Waals surface area contributed by atoms with Gasteiger partial charge < -0.3 is 13.3 Å². The first kappa shape index (κ1) is 19.3. The van der Waals surface area contributed by atoms with Gasteiger partial charge in [0.2, 0.25) is 0 Å². The van der Waals surface area contributed by atoms with Crippen LogP contribution in [0.15, 0.2) is 0 Å². The molecule has 0 bridgehead atoms. The van der Waals surface area contributed by atoms with Crippen LogP contribution in [0.4, 0.5) is 0 Å². The first-order chi connectivity index (χ1) is 8.84. The van der Waals surface area contributed by atoms with Crippen LogP contribution >= 0.6 is 0 Å². The Balaban J connectivity index is 4.80. The van der Waals surface area contributed by atoms with Gasteiger partial charge in [0.15, 0.2) is 8.32 Å². The van der Waals surface area contributed by atoms with Crippen molar-refractivity contribution >= 4 is 16.9 Å². The van der Waals surface area contributed by atoms with Crippen molar-refractivity contribution in [2.45, 2.75) is 71.8 Å². The van der Waals surface area contributed by atoms with Gasteiger partial charge in [-0.3, -0.25) is 0 Å². The minimum absolute atomic E-state index is 0.435. The van der Waals surface area contributed by atoms with E-state index in [0.29, 0.717) is 5.16 Å². The lowest BCUT2D eigenvalue weighted by molar-refractivity contribution is 0.167. The molecular formula is C14H34O3Si2. The van der Waals surface area contributed by atoms with Crippen molar-refractivity contribution in [3.05, 3.63) is 0 Å². The molecule has 0 aliphatic carbocycles. The standard InChI is InChI=1S/C14H34O3Si2/c1-8-11-15-18(5,6)14(4)19(7,16-12-9-2)17-13-10-3/h14H,8-13H2,1-7H3. The quantitative estimate of drug-likeness (QED) is 0.527. The van der Waals surface area contributed by atoms with Gasteiger partial charge in [0, 0.05) is 25.0 Å². The molecule has 0 heterocycles. The Labute approximate surface area is 122 Å². The highest BCUT2D eigenvalue weighted by Crippen LogP contribution is 2.34. The summed E-state index contributed by atoms with van der Waals surface area (Å²) in [6.07, 6.45) is 3.16. The Hall–Kier alpha value is 0.314. The number of rotatable bonds is 11. The SMILES string of the molecule is CCCO[Si](C)(C)C(C)[Si](C)(OCCC)OCCC.